The fourth-order valence-electron chi connectivity index (χ4n) is 1.88. The first-order chi connectivity index (χ1) is 9.94. The van der Waals surface area contributed by atoms with E-state index < -0.39 is 12.1 Å². The number of methoxy groups -OCH3 is 1. The van der Waals surface area contributed by atoms with Gasteiger partial charge in [0, 0.05) is 5.56 Å². The molecule has 0 saturated carbocycles. The Labute approximate surface area is 119 Å². The van der Waals surface area contributed by atoms with Gasteiger partial charge in [0.15, 0.2) is 0 Å². The van der Waals surface area contributed by atoms with Crippen molar-refractivity contribution in [3.63, 3.8) is 0 Å². The first kappa shape index (κ1) is 14.7. The van der Waals surface area contributed by atoms with Crippen LogP contribution in [0.25, 0.3) is 11.1 Å². The minimum absolute atomic E-state index is 0.198. The van der Waals surface area contributed by atoms with E-state index in [1.807, 2.05) is 0 Å². The van der Waals surface area contributed by atoms with Gasteiger partial charge in [0.05, 0.1) is 12.7 Å². The van der Waals surface area contributed by atoms with E-state index in [2.05, 4.69) is 4.74 Å². The van der Waals surface area contributed by atoms with Gasteiger partial charge in [-0.1, -0.05) is 24.3 Å². The lowest BCUT2D eigenvalue weighted by atomic mass is 10.0. The number of halogens is 3. The van der Waals surface area contributed by atoms with Crippen molar-refractivity contribution in [2.24, 2.45) is 0 Å². The molecular weight excluding hydrogens is 283 g/mol. The highest BCUT2D eigenvalue weighted by atomic mass is 19.4. The number of para-hydroxylation sites is 1. The Morgan fingerprint density at radius 2 is 1.76 bits per heavy atom. The summed E-state index contributed by atoms with van der Waals surface area (Å²) in [5.41, 5.74) is 1.05. The third-order valence-electron chi connectivity index (χ3n) is 2.74. The van der Waals surface area contributed by atoms with Crippen molar-refractivity contribution >= 4 is 0 Å². The molecule has 21 heavy (non-hydrogen) atoms. The number of benzene rings is 2. The van der Waals surface area contributed by atoms with Crippen LogP contribution in [0.3, 0.4) is 0 Å². The normalized spacial score (nSPS) is 10.8. The quantitative estimate of drug-likeness (QED) is 0.854. The van der Waals surface area contributed by atoms with Crippen LogP contribution in [0.15, 0.2) is 42.5 Å². The standard InChI is InChI=1S/C15H10F3NO2/c1-20-14-5-3-2-4-12(14)10-6-7-13(11(8-10)9-19)21-15(16,17)18/h2-8H,1H3. The molecule has 0 aliphatic carbocycles. The van der Waals surface area contributed by atoms with E-state index >= 15 is 0 Å². The summed E-state index contributed by atoms with van der Waals surface area (Å²) in [6.45, 7) is 0. The average Bonchev–Trinajstić information content (AvgIpc) is 2.46. The molecular formula is C15H10F3NO2. The third kappa shape index (κ3) is 3.45. The number of nitrogens with zero attached hydrogens (tertiary/aromatic N) is 1. The highest BCUT2D eigenvalue weighted by Crippen LogP contribution is 2.34. The van der Waals surface area contributed by atoms with Gasteiger partial charge in [-0.05, 0) is 23.8 Å². The van der Waals surface area contributed by atoms with Gasteiger partial charge in [-0.15, -0.1) is 13.2 Å². The molecule has 0 spiro atoms. The molecule has 2 rings (SSSR count). The predicted molar refractivity (Wildman–Crippen MR) is 69.8 cm³/mol. The number of hydrogen-bond donors (Lipinski definition) is 0. The second-order valence-corrected chi connectivity index (χ2v) is 4.07. The molecule has 0 aliphatic rings. The molecule has 0 saturated heterocycles. The van der Waals surface area contributed by atoms with Crippen LogP contribution in [-0.2, 0) is 0 Å². The number of rotatable bonds is 3. The number of nitriles is 1. The Morgan fingerprint density at radius 1 is 1.05 bits per heavy atom. The average molecular weight is 293 g/mol. The van der Waals surface area contributed by atoms with Gasteiger partial charge in [-0.25, -0.2) is 0 Å². The summed E-state index contributed by atoms with van der Waals surface area (Å²) in [5, 5.41) is 8.98. The number of alkyl halides is 3. The second kappa shape index (κ2) is 5.75. The molecule has 0 radical (unpaired) electrons. The molecule has 0 N–H and O–H groups in total. The Balaban J connectivity index is 2.47. The summed E-state index contributed by atoms with van der Waals surface area (Å²) in [7, 11) is 1.49. The van der Waals surface area contributed by atoms with Crippen LogP contribution >= 0.6 is 0 Å². The molecule has 6 heteroatoms. The lowest BCUT2D eigenvalue weighted by Gasteiger charge is -2.12. The van der Waals surface area contributed by atoms with Crippen molar-refractivity contribution in [3.05, 3.63) is 48.0 Å². The Morgan fingerprint density at radius 3 is 2.38 bits per heavy atom. The van der Waals surface area contributed by atoms with Crippen LogP contribution in [0, 0.1) is 11.3 Å². The van der Waals surface area contributed by atoms with Crippen LogP contribution < -0.4 is 9.47 Å². The molecule has 0 aromatic heterocycles. The van der Waals surface area contributed by atoms with Crippen LogP contribution in [-0.4, -0.2) is 13.5 Å². The summed E-state index contributed by atoms with van der Waals surface area (Å²) in [6, 6.07) is 12.6. The minimum Gasteiger partial charge on any atom is -0.496 e. The Kier molecular flexibility index (Phi) is 4.03. The van der Waals surface area contributed by atoms with Crippen molar-refractivity contribution in [1.82, 2.24) is 0 Å². The van der Waals surface area contributed by atoms with E-state index in [4.69, 9.17) is 10.00 Å². The third-order valence-corrected chi connectivity index (χ3v) is 2.74. The van der Waals surface area contributed by atoms with Crippen molar-refractivity contribution in [3.8, 4) is 28.7 Å². The van der Waals surface area contributed by atoms with Crippen molar-refractivity contribution in [2.45, 2.75) is 6.36 Å². The van der Waals surface area contributed by atoms with Crippen LogP contribution in [0.4, 0.5) is 13.2 Å². The molecule has 3 nitrogen and oxygen atoms in total. The molecule has 0 amide bonds. The van der Waals surface area contributed by atoms with Crippen molar-refractivity contribution in [2.75, 3.05) is 7.11 Å². The van der Waals surface area contributed by atoms with E-state index in [1.165, 1.54) is 19.2 Å². The minimum atomic E-state index is -4.84. The van der Waals surface area contributed by atoms with Gasteiger partial charge in [0.2, 0.25) is 0 Å². The molecule has 0 heterocycles. The fourth-order valence-corrected chi connectivity index (χ4v) is 1.88. The zero-order valence-corrected chi connectivity index (χ0v) is 10.9. The highest BCUT2D eigenvalue weighted by molar-refractivity contribution is 5.72. The molecule has 0 atom stereocenters. The maximum absolute atomic E-state index is 12.2. The van der Waals surface area contributed by atoms with Gasteiger partial charge in [0.25, 0.3) is 0 Å². The van der Waals surface area contributed by atoms with Gasteiger partial charge in [0.1, 0.15) is 17.6 Å². The van der Waals surface area contributed by atoms with Gasteiger partial charge in [-0.2, -0.15) is 5.26 Å². The second-order valence-electron chi connectivity index (χ2n) is 4.07. The lowest BCUT2D eigenvalue weighted by Crippen LogP contribution is -2.17. The maximum Gasteiger partial charge on any atom is 0.573 e. The zero-order chi connectivity index (χ0) is 15.5. The van der Waals surface area contributed by atoms with Gasteiger partial charge >= 0.3 is 6.36 Å². The highest BCUT2D eigenvalue weighted by Gasteiger charge is 2.32. The summed E-state index contributed by atoms with van der Waals surface area (Å²) < 4.78 is 45.8. The molecule has 2 aromatic rings. The van der Waals surface area contributed by atoms with E-state index in [0.29, 0.717) is 16.9 Å². The zero-order valence-electron chi connectivity index (χ0n) is 10.9. The van der Waals surface area contributed by atoms with Crippen LogP contribution in [0.2, 0.25) is 0 Å². The summed E-state index contributed by atoms with van der Waals surface area (Å²) in [5.74, 6) is 0.0366. The molecule has 0 fully saturated rings. The lowest BCUT2D eigenvalue weighted by molar-refractivity contribution is -0.274. The first-order valence-corrected chi connectivity index (χ1v) is 5.88. The molecule has 0 bridgehead atoms. The first-order valence-electron chi connectivity index (χ1n) is 5.88. The predicted octanol–water partition coefficient (Wildman–Crippen LogP) is 4.13. The Hall–Kier alpha value is -2.68. The molecule has 2 aromatic carbocycles. The van der Waals surface area contributed by atoms with Gasteiger partial charge in [-0.3, -0.25) is 0 Å². The van der Waals surface area contributed by atoms with E-state index in [1.54, 1.807) is 30.3 Å². The Bertz CT molecular complexity index is 690. The largest absolute Gasteiger partial charge is 0.573 e. The van der Waals surface area contributed by atoms with Crippen molar-refractivity contribution < 1.29 is 22.6 Å². The summed E-state index contributed by atoms with van der Waals surface area (Å²) in [4.78, 5) is 0. The number of ether oxygens (including phenoxy) is 2. The van der Waals surface area contributed by atoms with Gasteiger partial charge < -0.3 is 9.47 Å². The maximum atomic E-state index is 12.2. The smallest absolute Gasteiger partial charge is 0.496 e. The number of hydrogen-bond acceptors (Lipinski definition) is 3. The molecule has 108 valence electrons. The van der Waals surface area contributed by atoms with Crippen LogP contribution in [0.5, 0.6) is 11.5 Å². The molecule has 0 unspecified atom stereocenters. The topological polar surface area (TPSA) is 42.2 Å². The van der Waals surface area contributed by atoms with E-state index in [9.17, 15) is 13.2 Å². The van der Waals surface area contributed by atoms with Crippen LogP contribution in [0.1, 0.15) is 5.56 Å². The van der Waals surface area contributed by atoms with E-state index in [-0.39, 0.29) is 5.56 Å². The molecule has 0 aliphatic heterocycles. The van der Waals surface area contributed by atoms with Crippen molar-refractivity contribution in [1.29, 1.82) is 5.26 Å². The fraction of sp³-hybridized carbons (Fsp3) is 0.133. The van der Waals surface area contributed by atoms with E-state index in [0.717, 1.165) is 6.07 Å². The SMILES string of the molecule is COc1ccccc1-c1ccc(OC(F)(F)F)c(C#N)c1. The summed E-state index contributed by atoms with van der Waals surface area (Å²) in [6.07, 6.45) is -4.84. The summed E-state index contributed by atoms with van der Waals surface area (Å²) >= 11 is 0. The monoisotopic (exact) mass is 293 g/mol.